The Bertz CT molecular complexity index is 800. The lowest BCUT2D eigenvalue weighted by Crippen LogP contribution is -2.59. The van der Waals surface area contributed by atoms with Crippen LogP contribution in [-0.4, -0.2) is 60.8 Å². The maximum atomic E-state index is 11.9. The number of benzene rings is 1. The van der Waals surface area contributed by atoms with E-state index in [2.05, 4.69) is 4.90 Å². The number of carbonyl (C=O) groups is 3. The molecule has 3 atom stereocenters. The van der Waals surface area contributed by atoms with Gasteiger partial charge in [0, 0.05) is 63.5 Å². The summed E-state index contributed by atoms with van der Waals surface area (Å²) in [5.41, 5.74) is 6.61. The second-order valence-electron chi connectivity index (χ2n) is 8.47. The number of nitrogens with zero attached hydrogens (tertiary/aromatic N) is 2. The molecular formula is C22H30ClN3O4. The first-order chi connectivity index (χ1) is 14.0. The minimum Gasteiger partial charge on any atom is -0.373 e. The largest absolute Gasteiger partial charge is 0.373 e. The average molecular weight is 436 g/mol. The zero-order valence-electron chi connectivity index (χ0n) is 17.3. The number of rotatable bonds is 6. The molecule has 4 rings (SSSR count). The molecule has 2 aliphatic heterocycles. The second kappa shape index (κ2) is 9.04. The fourth-order valence-corrected chi connectivity index (χ4v) is 5.66. The molecule has 2 saturated heterocycles. The van der Waals surface area contributed by atoms with Crippen molar-refractivity contribution in [2.24, 2.45) is 17.6 Å². The number of likely N-dealkylation sites (tertiary alicyclic amines) is 2. The fourth-order valence-electron chi connectivity index (χ4n) is 5.66. The van der Waals surface area contributed by atoms with Crippen LogP contribution in [-0.2, 0) is 19.9 Å². The number of amides is 3. The first kappa shape index (κ1) is 22.7. The van der Waals surface area contributed by atoms with Crippen molar-refractivity contribution < 1.29 is 19.1 Å². The van der Waals surface area contributed by atoms with Crippen molar-refractivity contribution in [2.45, 2.75) is 37.7 Å². The highest BCUT2D eigenvalue weighted by Gasteiger charge is 2.53. The van der Waals surface area contributed by atoms with Gasteiger partial charge in [-0.2, -0.15) is 0 Å². The Morgan fingerprint density at radius 2 is 1.77 bits per heavy atom. The first-order valence-electron chi connectivity index (χ1n) is 10.5. The summed E-state index contributed by atoms with van der Waals surface area (Å²) >= 11 is 0. The predicted molar refractivity (Wildman–Crippen MR) is 114 cm³/mol. The van der Waals surface area contributed by atoms with Gasteiger partial charge in [-0.1, -0.05) is 18.6 Å². The van der Waals surface area contributed by atoms with Gasteiger partial charge < -0.3 is 15.4 Å². The number of ether oxygens (including phenoxy) is 1. The molecule has 1 aromatic rings. The van der Waals surface area contributed by atoms with E-state index in [9.17, 15) is 14.4 Å². The summed E-state index contributed by atoms with van der Waals surface area (Å²) in [4.78, 5) is 39.3. The van der Waals surface area contributed by atoms with Gasteiger partial charge in [-0.15, -0.1) is 12.4 Å². The molecule has 0 aromatic heterocycles. The van der Waals surface area contributed by atoms with Crippen molar-refractivity contribution in [2.75, 3.05) is 33.3 Å². The van der Waals surface area contributed by atoms with E-state index < -0.39 is 11.5 Å². The summed E-state index contributed by atoms with van der Waals surface area (Å²) in [7, 11) is 1.76. The number of piperidine rings is 1. The molecule has 164 valence electrons. The number of hydrogen-bond donors (Lipinski definition) is 1. The molecule has 2 heterocycles. The number of primary amides is 1. The Hall–Kier alpha value is -1.96. The van der Waals surface area contributed by atoms with Crippen LogP contribution in [0.5, 0.6) is 0 Å². The van der Waals surface area contributed by atoms with Crippen molar-refractivity contribution >= 4 is 30.1 Å². The van der Waals surface area contributed by atoms with E-state index in [0.717, 1.165) is 37.9 Å². The molecule has 30 heavy (non-hydrogen) atoms. The van der Waals surface area contributed by atoms with Gasteiger partial charge in [0.2, 0.25) is 17.7 Å². The van der Waals surface area contributed by atoms with Gasteiger partial charge in [0.05, 0.1) is 0 Å². The van der Waals surface area contributed by atoms with E-state index in [-0.39, 0.29) is 36.1 Å². The molecule has 3 aliphatic rings. The topological polar surface area (TPSA) is 92.9 Å². The number of methoxy groups -OCH3 is 1. The molecule has 0 spiro atoms. The molecule has 1 aromatic carbocycles. The molecule has 3 amide bonds. The van der Waals surface area contributed by atoms with Crippen LogP contribution in [0.3, 0.4) is 0 Å². The van der Waals surface area contributed by atoms with E-state index in [1.165, 1.54) is 4.90 Å². The maximum absolute atomic E-state index is 11.9. The maximum Gasteiger partial charge on any atom is 0.248 e. The molecule has 3 fully saturated rings. The number of imide groups is 1. The molecule has 0 radical (unpaired) electrons. The molecule has 0 unspecified atom stereocenters. The van der Waals surface area contributed by atoms with Gasteiger partial charge in [0.25, 0.3) is 0 Å². The highest BCUT2D eigenvalue weighted by atomic mass is 35.5. The zero-order chi connectivity index (χ0) is 20.6. The number of halogens is 1. The van der Waals surface area contributed by atoms with Crippen LogP contribution in [0.4, 0.5) is 0 Å². The standard InChI is InChI=1S/C22H29N3O4.ClH/c1-29-22(16-5-2-4-15(12-16)21(23)28)17-6-3-7-18(22)14-24(13-17)10-11-25-19(26)8-9-20(25)27;/h2,4-5,12,17-18H,3,6-11,13-14H2,1H3,(H2,23,28);1H/t17-,18+,22-;. The average Bonchev–Trinajstić information content (AvgIpc) is 3.03. The monoisotopic (exact) mass is 435 g/mol. The highest BCUT2D eigenvalue weighted by molar-refractivity contribution is 6.01. The number of carbonyl (C=O) groups excluding carboxylic acids is 3. The first-order valence-corrected chi connectivity index (χ1v) is 10.5. The third-order valence-corrected chi connectivity index (χ3v) is 7.01. The lowest BCUT2D eigenvalue weighted by Gasteiger charge is -2.55. The summed E-state index contributed by atoms with van der Waals surface area (Å²) in [5, 5.41) is 0. The van der Waals surface area contributed by atoms with Gasteiger partial charge in [0.15, 0.2) is 0 Å². The van der Waals surface area contributed by atoms with E-state index in [1.54, 1.807) is 13.2 Å². The predicted octanol–water partition coefficient (Wildman–Crippen LogP) is 1.93. The van der Waals surface area contributed by atoms with Crippen molar-refractivity contribution in [1.82, 2.24) is 9.80 Å². The smallest absolute Gasteiger partial charge is 0.248 e. The Kier molecular flexibility index (Phi) is 6.84. The fraction of sp³-hybridized carbons (Fsp3) is 0.591. The number of nitrogens with two attached hydrogens (primary N) is 1. The molecule has 2 N–H and O–H groups in total. The normalized spacial score (nSPS) is 29.0. The molecule has 1 saturated carbocycles. The number of fused-ring (bicyclic) bond motifs is 2. The van der Waals surface area contributed by atoms with Crippen LogP contribution in [0.15, 0.2) is 24.3 Å². The van der Waals surface area contributed by atoms with E-state index in [1.807, 2.05) is 18.2 Å². The minimum atomic E-state index is -0.431. The van der Waals surface area contributed by atoms with Gasteiger partial charge >= 0.3 is 0 Å². The van der Waals surface area contributed by atoms with E-state index >= 15 is 0 Å². The van der Waals surface area contributed by atoms with Crippen molar-refractivity contribution in [3.8, 4) is 0 Å². The third kappa shape index (κ3) is 3.86. The van der Waals surface area contributed by atoms with Crippen molar-refractivity contribution in [1.29, 1.82) is 0 Å². The quantitative estimate of drug-likeness (QED) is 0.689. The lowest BCUT2D eigenvalue weighted by atomic mass is 9.62. The van der Waals surface area contributed by atoms with E-state index in [0.29, 0.717) is 31.5 Å². The second-order valence-corrected chi connectivity index (χ2v) is 8.47. The summed E-state index contributed by atoms with van der Waals surface area (Å²) in [6.07, 6.45) is 3.93. The Morgan fingerprint density at radius 1 is 1.13 bits per heavy atom. The summed E-state index contributed by atoms with van der Waals surface area (Å²) in [6, 6.07) is 7.54. The SMILES string of the molecule is CO[C@]1(c2cccc(C(N)=O)c2)[C@@H]2CCC[C@H]1CN(CCN1C(=O)CCC1=O)C2.Cl. The van der Waals surface area contributed by atoms with Crippen molar-refractivity contribution in [3.63, 3.8) is 0 Å². The molecule has 2 bridgehead atoms. The Labute approximate surface area is 183 Å². The van der Waals surface area contributed by atoms with Crippen LogP contribution < -0.4 is 5.73 Å². The van der Waals surface area contributed by atoms with Crippen LogP contribution in [0.25, 0.3) is 0 Å². The third-order valence-electron chi connectivity index (χ3n) is 7.01. The zero-order valence-corrected chi connectivity index (χ0v) is 18.2. The van der Waals surface area contributed by atoms with Gasteiger partial charge in [-0.05, 0) is 30.5 Å². The minimum absolute atomic E-state index is 0. The van der Waals surface area contributed by atoms with E-state index in [4.69, 9.17) is 10.5 Å². The summed E-state index contributed by atoms with van der Waals surface area (Å²) in [5.74, 6) is 0.0327. The summed E-state index contributed by atoms with van der Waals surface area (Å²) in [6.45, 7) is 2.86. The molecule has 8 heteroatoms. The van der Waals surface area contributed by atoms with Crippen molar-refractivity contribution in [3.05, 3.63) is 35.4 Å². The molecule has 7 nitrogen and oxygen atoms in total. The van der Waals surface area contributed by atoms with Crippen LogP contribution in [0, 0.1) is 11.8 Å². The highest BCUT2D eigenvalue weighted by Crippen LogP contribution is 2.51. The van der Waals surface area contributed by atoms with Gasteiger partial charge in [-0.25, -0.2) is 0 Å². The Morgan fingerprint density at radius 3 is 2.33 bits per heavy atom. The molecular weight excluding hydrogens is 406 g/mol. The van der Waals surface area contributed by atoms with Crippen LogP contribution >= 0.6 is 12.4 Å². The van der Waals surface area contributed by atoms with Crippen LogP contribution in [0.1, 0.15) is 48.0 Å². The lowest BCUT2D eigenvalue weighted by molar-refractivity contribution is -0.169. The molecule has 1 aliphatic carbocycles. The number of hydrogen-bond acceptors (Lipinski definition) is 5. The van der Waals surface area contributed by atoms with Crippen LogP contribution in [0.2, 0.25) is 0 Å². The summed E-state index contributed by atoms with van der Waals surface area (Å²) < 4.78 is 6.23. The van der Waals surface area contributed by atoms with Gasteiger partial charge in [-0.3, -0.25) is 19.3 Å². The van der Waals surface area contributed by atoms with Gasteiger partial charge in [0.1, 0.15) is 5.60 Å². The Balaban J connectivity index is 0.00000256.